The molecule has 0 saturated heterocycles. The van der Waals surface area contributed by atoms with Crippen LogP contribution in [0.5, 0.6) is 0 Å². The van der Waals surface area contributed by atoms with Crippen LogP contribution >= 0.6 is 0 Å². The summed E-state index contributed by atoms with van der Waals surface area (Å²) in [6, 6.07) is 0. The Balaban J connectivity index is 2.47. The van der Waals surface area contributed by atoms with Crippen LogP contribution < -0.4 is 5.32 Å². The van der Waals surface area contributed by atoms with E-state index < -0.39 is 0 Å². The second-order valence-corrected chi connectivity index (χ2v) is 6.24. The second kappa shape index (κ2) is 8.59. The zero-order valence-corrected chi connectivity index (χ0v) is 12.5. The third kappa shape index (κ3) is 5.02. The molecule has 0 aromatic heterocycles. The van der Waals surface area contributed by atoms with Gasteiger partial charge in [-0.1, -0.05) is 20.8 Å². The number of hydrogen-bond acceptors (Lipinski definition) is 1. The summed E-state index contributed by atoms with van der Waals surface area (Å²) in [6.07, 6.45) is 13.2. The third-order valence-corrected chi connectivity index (χ3v) is 4.68. The maximum atomic E-state index is 5.37. The molecule has 1 N–H and O–H groups in total. The lowest BCUT2D eigenvalue weighted by Gasteiger charge is -2.38. The lowest BCUT2D eigenvalue weighted by atomic mass is 9.69. The Kier molecular flexibility index (Phi) is 7.44. The van der Waals surface area contributed by atoms with Gasteiger partial charge >= 0.3 is 0 Å². The monoisotopic (exact) mass is 249 g/mol. The molecule has 1 nitrogen and oxygen atoms in total. The predicted molar refractivity (Wildman–Crippen MR) is 80.4 cm³/mol. The highest BCUT2D eigenvalue weighted by atomic mass is 14.8. The molecule has 1 rings (SSSR count). The van der Waals surface area contributed by atoms with Gasteiger partial charge in [-0.05, 0) is 68.9 Å². The molecular formula is C17H31N. The van der Waals surface area contributed by atoms with E-state index in [1.54, 1.807) is 0 Å². The topological polar surface area (TPSA) is 12.0 Å². The molecule has 0 bridgehead atoms. The maximum absolute atomic E-state index is 5.37. The van der Waals surface area contributed by atoms with Gasteiger partial charge in [-0.3, -0.25) is 0 Å². The first kappa shape index (κ1) is 15.6. The smallest absolute Gasteiger partial charge is 0.00861 e. The standard InChI is InChI=1S/C17H31N/c1-5-7-8-9-16-12-15(14(3)4)10-11-17(16)13-18-6-2/h1,14-18H,6-13H2,2-4H3. The molecule has 0 radical (unpaired) electrons. The van der Waals surface area contributed by atoms with Crippen molar-refractivity contribution in [3.05, 3.63) is 0 Å². The largest absolute Gasteiger partial charge is 0.317 e. The molecule has 18 heavy (non-hydrogen) atoms. The van der Waals surface area contributed by atoms with Crippen LogP contribution in [-0.2, 0) is 0 Å². The van der Waals surface area contributed by atoms with Crippen molar-refractivity contribution < 1.29 is 0 Å². The highest BCUT2D eigenvalue weighted by Gasteiger charge is 2.30. The Hall–Kier alpha value is -0.480. The summed E-state index contributed by atoms with van der Waals surface area (Å²) >= 11 is 0. The van der Waals surface area contributed by atoms with Crippen LogP contribution in [-0.4, -0.2) is 13.1 Å². The molecule has 1 aliphatic carbocycles. The number of rotatable bonds is 7. The second-order valence-electron chi connectivity index (χ2n) is 6.24. The van der Waals surface area contributed by atoms with Crippen LogP contribution in [0.2, 0.25) is 0 Å². The fraction of sp³-hybridized carbons (Fsp3) is 0.882. The zero-order valence-electron chi connectivity index (χ0n) is 12.5. The van der Waals surface area contributed by atoms with Crippen LogP contribution in [0.3, 0.4) is 0 Å². The summed E-state index contributed by atoms with van der Waals surface area (Å²) in [7, 11) is 0. The van der Waals surface area contributed by atoms with Gasteiger partial charge in [0.2, 0.25) is 0 Å². The van der Waals surface area contributed by atoms with Gasteiger partial charge in [0.05, 0.1) is 0 Å². The van der Waals surface area contributed by atoms with Gasteiger partial charge in [-0.25, -0.2) is 0 Å². The highest BCUT2D eigenvalue weighted by molar-refractivity contribution is 4.86. The predicted octanol–water partition coefficient (Wildman–Crippen LogP) is 4.09. The molecule has 1 aliphatic rings. The minimum Gasteiger partial charge on any atom is -0.317 e. The van der Waals surface area contributed by atoms with E-state index in [4.69, 9.17) is 6.42 Å². The van der Waals surface area contributed by atoms with E-state index >= 15 is 0 Å². The van der Waals surface area contributed by atoms with Crippen LogP contribution in [0.1, 0.15) is 59.3 Å². The average molecular weight is 249 g/mol. The summed E-state index contributed by atoms with van der Waals surface area (Å²) in [5, 5.41) is 3.54. The average Bonchev–Trinajstić information content (AvgIpc) is 2.37. The molecule has 0 aliphatic heterocycles. The minimum atomic E-state index is 0.847. The Morgan fingerprint density at radius 2 is 2.06 bits per heavy atom. The highest BCUT2D eigenvalue weighted by Crippen LogP contribution is 2.39. The van der Waals surface area contributed by atoms with Gasteiger partial charge in [0.15, 0.2) is 0 Å². The van der Waals surface area contributed by atoms with Crippen molar-refractivity contribution >= 4 is 0 Å². The Morgan fingerprint density at radius 3 is 2.67 bits per heavy atom. The Bertz CT molecular complexity index is 251. The molecule has 1 saturated carbocycles. The Morgan fingerprint density at radius 1 is 1.28 bits per heavy atom. The number of unbranched alkanes of at least 4 members (excludes halogenated alkanes) is 1. The van der Waals surface area contributed by atoms with Crippen LogP contribution in [0.25, 0.3) is 0 Å². The normalized spacial score (nSPS) is 28.3. The van der Waals surface area contributed by atoms with E-state index in [2.05, 4.69) is 32.0 Å². The third-order valence-electron chi connectivity index (χ3n) is 4.68. The molecular weight excluding hydrogens is 218 g/mol. The summed E-state index contributed by atoms with van der Waals surface area (Å²) in [5.41, 5.74) is 0. The van der Waals surface area contributed by atoms with Gasteiger partial charge in [0.1, 0.15) is 0 Å². The zero-order chi connectivity index (χ0) is 13.4. The first-order valence-corrected chi connectivity index (χ1v) is 7.83. The van der Waals surface area contributed by atoms with E-state index in [0.29, 0.717) is 0 Å². The lowest BCUT2D eigenvalue weighted by molar-refractivity contribution is 0.137. The minimum absolute atomic E-state index is 0.847. The van der Waals surface area contributed by atoms with Crippen molar-refractivity contribution in [3.63, 3.8) is 0 Å². The molecule has 0 aromatic carbocycles. The van der Waals surface area contributed by atoms with Crippen molar-refractivity contribution in [2.24, 2.45) is 23.7 Å². The van der Waals surface area contributed by atoms with Crippen molar-refractivity contribution in [2.45, 2.75) is 59.3 Å². The van der Waals surface area contributed by atoms with Gasteiger partial charge in [0.25, 0.3) is 0 Å². The summed E-state index contributed by atoms with van der Waals surface area (Å²) < 4.78 is 0. The van der Waals surface area contributed by atoms with E-state index in [-0.39, 0.29) is 0 Å². The number of hydrogen-bond donors (Lipinski definition) is 1. The molecule has 1 fully saturated rings. The van der Waals surface area contributed by atoms with Gasteiger partial charge in [-0.2, -0.15) is 0 Å². The number of nitrogens with one attached hydrogen (secondary N) is 1. The Labute approximate surface area is 114 Å². The van der Waals surface area contributed by atoms with Gasteiger partial charge in [0, 0.05) is 6.42 Å². The SMILES string of the molecule is C#CCCCC1CC(C(C)C)CCC1CNCC. The first-order valence-electron chi connectivity index (χ1n) is 7.83. The molecule has 3 atom stereocenters. The van der Waals surface area contributed by atoms with Crippen molar-refractivity contribution in [1.82, 2.24) is 5.32 Å². The summed E-state index contributed by atoms with van der Waals surface area (Å²) in [6.45, 7) is 9.28. The van der Waals surface area contributed by atoms with Gasteiger partial charge < -0.3 is 5.32 Å². The molecule has 0 amide bonds. The van der Waals surface area contributed by atoms with E-state index in [0.717, 1.165) is 36.6 Å². The molecule has 0 spiro atoms. The van der Waals surface area contributed by atoms with Crippen molar-refractivity contribution in [2.75, 3.05) is 13.1 Å². The van der Waals surface area contributed by atoms with Crippen molar-refractivity contribution in [3.8, 4) is 12.3 Å². The van der Waals surface area contributed by atoms with E-state index in [1.165, 1.54) is 38.6 Å². The summed E-state index contributed by atoms with van der Waals surface area (Å²) in [5.74, 6) is 6.36. The van der Waals surface area contributed by atoms with E-state index in [9.17, 15) is 0 Å². The van der Waals surface area contributed by atoms with Crippen LogP contribution in [0.15, 0.2) is 0 Å². The lowest BCUT2D eigenvalue weighted by Crippen LogP contribution is -2.34. The van der Waals surface area contributed by atoms with Gasteiger partial charge in [-0.15, -0.1) is 12.3 Å². The fourth-order valence-electron chi connectivity index (χ4n) is 3.39. The fourth-order valence-corrected chi connectivity index (χ4v) is 3.39. The molecule has 3 unspecified atom stereocenters. The molecule has 0 heterocycles. The van der Waals surface area contributed by atoms with Crippen molar-refractivity contribution in [1.29, 1.82) is 0 Å². The first-order chi connectivity index (χ1) is 8.69. The maximum Gasteiger partial charge on any atom is 0.00861 e. The molecule has 1 heteroatoms. The van der Waals surface area contributed by atoms with Crippen LogP contribution in [0.4, 0.5) is 0 Å². The van der Waals surface area contributed by atoms with E-state index in [1.807, 2.05) is 0 Å². The quantitative estimate of drug-likeness (QED) is 0.529. The number of terminal acetylenes is 1. The summed E-state index contributed by atoms with van der Waals surface area (Å²) in [4.78, 5) is 0. The molecule has 0 aromatic rings. The van der Waals surface area contributed by atoms with Crippen LogP contribution in [0, 0.1) is 36.0 Å². The molecule has 104 valence electrons.